The van der Waals surface area contributed by atoms with Crippen LogP contribution in [0.5, 0.6) is 0 Å². The van der Waals surface area contributed by atoms with Crippen LogP contribution in [-0.4, -0.2) is 30.6 Å². The van der Waals surface area contributed by atoms with Crippen LogP contribution in [-0.2, 0) is 29.7 Å². The van der Waals surface area contributed by atoms with Crippen LogP contribution in [0.15, 0.2) is 58.5 Å². The number of carbonyl (C=O) groups is 1. The molecular weight excluding hydrogens is 469 g/mol. The van der Waals surface area contributed by atoms with Gasteiger partial charge in [-0.25, -0.2) is 4.98 Å². The summed E-state index contributed by atoms with van der Waals surface area (Å²) in [6.07, 6.45) is -4.66. The standard InChI is InChI=1S/C22H19F3N6O2S/c1-2-31-18(11-19(32)26-14-7-5-6-13(10-14)22(23,24)25)29-30-21(31)34-12-17-27-16-9-4-3-8-15(16)20(33)28-17/h3-10H,2,11-12H2,1H3,(H,26,32)(H,27,28,33). The molecule has 4 rings (SSSR count). The van der Waals surface area contributed by atoms with E-state index in [-0.39, 0.29) is 17.7 Å². The van der Waals surface area contributed by atoms with E-state index in [2.05, 4.69) is 25.5 Å². The number of hydrogen-bond acceptors (Lipinski definition) is 6. The highest BCUT2D eigenvalue weighted by molar-refractivity contribution is 7.98. The van der Waals surface area contributed by atoms with Crippen molar-refractivity contribution in [2.24, 2.45) is 0 Å². The van der Waals surface area contributed by atoms with Crippen LogP contribution in [0.3, 0.4) is 0 Å². The maximum absolute atomic E-state index is 12.9. The third kappa shape index (κ3) is 5.28. The maximum atomic E-state index is 12.9. The third-order valence-electron chi connectivity index (χ3n) is 4.90. The highest BCUT2D eigenvalue weighted by atomic mass is 32.2. The minimum atomic E-state index is -4.50. The van der Waals surface area contributed by atoms with Crippen LogP contribution in [0, 0.1) is 0 Å². The fourth-order valence-electron chi connectivity index (χ4n) is 3.33. The molecule has 0 unspecified atom stereocenters. The van der Waals surface area contributed by atoms with Gasteiger partial charge in [0, 0.05) is 12.2 Å². The Hall–Kier alpha value is -3.67. The van der Waals surface area contributed by atoms with Crippen molar-refractivity contribution in [2.75, 3.05) is 5.32 Å². The number of nitrogens with one attached hydrogen (secondary N) is 2. The summed E-state index contributed by atoms with van der Waals surface area (Å²) in [5, 5.41) is 11.7. The second kappa shape index (κ2) is 9.67. The largest absolute Gasteiger partial charge is 0.416 e. The first-order valence-electron chi connectivity index (χ1n) is 10.2. The Morgan fingerprint density at radius 3 is 2.71 bits per heavy atom. The molecule has 176 valence electrons. The lowest BCUT2D eigenvalue weighted by Crippen LogP contribution is -2.18. The summed E-state index contributed by atoms with van der Waals surface area (Å²) in [7, 11) is 0. The second-order valence-electron chi connectivity index (χ2n) is 7.27. The van der Waals surface area contributed by atoms with Crippen molar-refractivity contribution in [3.63, 3.8) is 0 Å². The van der Waals surface area contributed by atoms with Gasteiger partial charge in [-0.15, -0.1) is 10.2 Å². The van der Waals surface area contributed by atoms with Crippen LogP contribution < -0.4 is 10.9 Å². The van der Waals surface area contributed by atoms with E-state index in [1.54, 1.807) is 28.8 Å². The van der Waals surface area contributed by atoms with Gasteiger partial charge in [0.15, 0.2) is 5.16 Å². The number of benzene rings is 2. The Morgan fingerprint density at radius 2 is 1.94 bits per heavy atom. The highest BCUT2D eigenvalue weighted by Gasteiger charge is 2.30. The molecule has 8 nitrogen and oxygen atoms in total. The number of alkyl halides is 3. The zero-order chi connectivity index (χ0) is 24.3. The number of anilines is 1. The Bertz CT molecular complexity index is 1400. The summed E-state index contributed by atoms with van der Waals surface area (Å²) in [5.41, 5.74) is -0.444. The van der Waals surface area contributed by atoms with E-state index in [4.69, 9.17) is 0 Å². The van der Waals surface area contributed by atoms with Crippen molar-refractivity contribution in [3.8, 4) is 0 Å². The highest BCUT2D eigenvalue weighted by Crippen LogP contribution is 2.30. The molecule has 0 saturated carbocycles. The summed E-state index contributed by atoms with van der Waals surface area (Å²) in [6.45, 7) is 2.33. The molecule has 2 aromatic carbocycles. The molecular formula is C22H19F3N6O2S. The second-order valence-corrected chi connectivity index (χ2v) is 8.21. The quantitative estimate of drug-likeness (QED) is 0.381. The monoisotopic (exact) mass is 488 g/mol. The van der Waals surface area contributed by atoms with E-state index in [0.717, 1.165) is 12.1 Å². The molecule has 0 fully saturated rings. The number of halogens is 3. The third-order valence-corrected chi connectivity index (χ3v) is 5.88. The fourth-order valence-corrected chi connectivity index (χ4v) is 4.22. The Balaban J connectivity index is 1.44. The number of thioether (sulfide) groups is 1. The maximum Gasteiger partial charge on any atom is 0.416 e. The molecule has 0 aliphatic heterocycles. The number of para-hydroxylation sites is 1. The first-order valence-corrected chi connectivity index (χ1v) is 11.2. The first kappa shape index (κ1) is 23.5. The lowest BCUT2D eigenvalue weighted by Gasteiger charge is -2.10. The van der Waals surface area contributed by atoms with Crippen molar-refractivity contribution >= 4 is 34.3 Å². The van der Waals surface area contributed by atoms with E-state index in [1.807, 2.05) is 6.92 Å². The van der Waals surface area contributed by atoms with Gasteiger partial charge in [-0.05, 0) is 37.3 Å². The topological polar surface area (TPSA) is 106 Å². The summed E-state index contributed by atoms with van der Waals surface area (Å²) in [4.78, 5) is 31.9. The Morgan fingerprint density at radius 1 is 1.15 bits per heavy atom. The van der Waals surface area contributed by atoms with Gasteiger partial charge in [0.2, 0.25) is 5.91 Å². The van der Waals surface area contributed by atoms with Crippen molar-refractivity contribution in [3.05, 3.63) is 76.1 Å². The normalized spacial score (nSPS) is 11.6. The van der Waals surface area contributed by atoms with Gasteiger partial charge in [0.25, 0.3) is 5.56 Å². The molecule has 4 aromatic rings. The van der Waals surface area contributed by atoms with Crippen molar-refractivity contribution in [1.82, 2.24) is 24.7 Å². The number of amides is 1. The molecule has 0 atom stereocenters. The molecule has 2 heterocycles. The number of rotatable bonds is 7. The van der Waals surface area contributed by atoms with Crippen LogP contribution in [0.4, 0.5) is 18.9 Å². The molecule has 2 N–H and O–H groups in total. The first-order chi connectivity index (χ1) is 16.2. The van der Waals surface area contributed by atoms with E-state index in [1.165, 1.54) is 23.9 Å². The van der Waals surface area contributed by atoms with Gasteiger partial charge >= 0.3 is 6.18 Å². The molecule has 0 saturated heterocycles. The van der Waals surface area contributed by atoms with E-state index in [0.29, 0.717) is 40.0 Å². The van der Waals surface area contributed by atoms with Crippen LogP contribution in [0.2, 0.25) is 0 Å². The molecule has 0 bridgehead atoms. The van der Waals surface area contributed by atoms with Crippen molar-refractivity contribution in [2.45, 2.75) is 37.0 Å². The van der Waals surface area contributed by atoms with Gasteiger partial charge < -0.3 is 14.9 Å². The average molecular weight is 488 g/mol. The predicted octanol–water partition coefficient (Wildman–Crippen LogP) is 4.03. The molecule has 1 amide bonds. The number of H-pyrrole nitrogens is 1. The van der Waals surface area contributed by atoms with E-state index in [9.17, 15) is 22.8 Å². The number of fused-ring (bicyclic) bond motifs is 1. The van der Waals surface area contributed by atoms with Crippen LogP contribution in [0.25, 0.3) is 10.9 Å². The SMILES string of the molecule is CCn1c(CC(=O)Nc2cccc(C(F)(F)F)c2)nnc1SCc1nc2ccccc2c(=O)[nH]1. The smallest absolute Gasteiger partial charge is 0.326 e. The molecule has 2 aromatic heterocycles. The van der Waals surface area contributed by atoms with E-state index < -0.39 is 17.6 Å². The van der Waals surface area contributed by atoms with Gasteiger partial charge in [0.05, 0.1) is 28.6 Å². The average Bonchev–Trinajstić information content (AvgIpc) is 3.18. The minimum Gasteiger partial charge on any atom is -0.326 e. The van der Waals surface area contributed by atoms with Crippen LogP contribution >= 0.6 is 11.8 Å². The zero-order valence-corrected chi connectivity index (χ0v) is 18.7. The molecule has 0 radical (unpaired) electrons. The number of aromatic nitrogens is 5. The Labute approximate surface area is 195 Å². The van der Waals surface area contributed by atoms with Crippen molar-refractivity contribution in [1.29, 1.82) is 0 Å². The molecule has 0 aliphatic rings. The summed E-state index contributed by atoms with van der Waals surface area (Å²) in [5.74, 6) is 0.658. The lowest BCUT2D eigenvalue weighted by atomic mass is 10.2. The van der Waals surface area contributed by atoms with Gasteiger partial charge in [-0.3, -0.25) is 9.59 Å². The van der Waals surface area contributed by atoms with Gasteiger partial charge in [-0.2, -0.15) is 13.2 Å². The zero-order valence-electron chi connectivity index (χ0n) is 17.9. The molecule has 34 heavy (non-hydrogen) atoms. The Kier molecular flexibility index (Phi) is 6.68. The number of nitrogens with zero attached hydrogens (tertiary/aromatic N) is 4. The summed E-state index contributed by atoms with van der Waals surface area (Å²) >= 11 is 1.30. The molecule has 12 heteroatoms. The number of aromatic amines is 1. The summed E-state index contributed by atoms with van der Waals surface area (Å²) in [6, 6.07) is 11.4. The molecule has 0 aliphatic carbocycles. The lowest BCUT2D eigenvalue weighted by molar-refractivity contribution is -0.137. The van der Waals surface area contributed by atoms with Crippen LogP contribution in [0.1, 0.15) is 24.1 Å². The fraction of sp³-hybridized carbons (Fsp3) is 0.227. The number of carbonyl (C=O) groups excluding carboxylic acids is 1. The van der Waals surface area contributed by atoms with Gasteiger partial charge in [0.1, 0.15) is 11.6 Å². The van der Waals surface area contributed by atoms with Crippen molar-refractivity contribution < 1.29 is 18.0 Å². The summed E-state index contributed by atoms with van der Waals surface area (Å²) < 4.78 is 40.4. The van der Waals surface area contributed by atoms with E-state index >= 15 is 0 Å². The molecule has 0 spiro atoms. The minimum absolute atomic E-state index is 0.0447. The predicted molar refractivity (Wildman–Crippen MR) is 121 cm³/mol. The van der Waals surface area contributed by atoms with Gasteiger partial charge in [-0.1, -0.05) is 30.0 Å². The number of hydrogen-bond donors (Lipinski definition) is 2.